The first-order valence-corrected chi connectivity index (χ1v) is 17.1. The van der Waals surface area contributed by atoms with Gasteiger partial charge in [0.05, 0.1) is 43.0 Å². The topological polar surface area (TPSA) is 65.3 Å². The number of fused-ring (bicyclic) bond motifs is 2. The van der Waals surface area contributed by atoms with E-state index in [-0.39, 0.29) is 36.8 Å². The van der Waals surface area contributed by atoms with Crippen LogP contribution >= 0.6 is 0 Å². The number of benzene rings is 4. The van der Waals surface area contributed by atoms with Crippen molar-refractivity contribution in [1.82, 2.24) is 25.1 Å². The van der Waals surface area contributed by atoms with Crippen LogP contribution in [-0.2, 0) is 47.6 Å². The third kappa shape index (κ3) is 7.35. The van der Waals surface area contributed by atoms with E-state index in [1.165, 1.54) is 4.80 Å². The quantitative estimate of drug-likeness (QED) is 0.127. The highest BCUT2D eigenvalue weighted by Crippen LogP contribution is 2.58. The molecular weight excluding hydrogens is 684 g/mol. The fraction of sp³-hybridized carbons (Fsp3) is 0.359. The molecule has 2 aliphatic rings. The first-order valence-electron chi connectivity index (χ1n) is 17.1. The van der Waals surface area contributed by atoms with Gasteiger partial charge in [-0.25, -0.2) is 0 Å². The molecule has 0 N–H and O–H groups in total. The fourth-order valence-corrected chi connectivity index (χ4v) is 7.90. The second kappa shape index (κ2) is 14.4. The number of hydrogen-bond acceptors (Lipinski definition) is 6. The Morgan fingerprint density at radius 1 is 0.788 bits per heavy atom. The maximum absolute atomic E-state index is 14.1. The summed E-state index contributed by atoms with van der Waals surface area (Å²) in [5.74, 6) is 0.392. The molecule has 5 aromatic rings. The van der Waals surface area contributed by atoms with Crippen molar-refractivity contribution in [3.8, 4) is 0 Å². The molecule has 3 heterocycles. The smallest absolute Gasteiger partial charge is 0.374 e. The zero-order chi connectivity index (χ0) is 36.5. The van der Waals surface area contributed by atoms with Gasteiger partial charge in [-0.2, -0.15) is 31.1 Å². The van der Waals surface area contributed by atoms with Crippen LogP contribution < -0.4 is 0 Å². The number of piperidine rings is 1. The number of alkyl halides is 6. The largest absolute Gasteiger partial charge is 0.416 e. The first kappa shape index (κ1) is 35.8. The minimum absolute atomic E-state index is 0.0531. The van der Waals surface area contributed by atoms with E-state index in [1.54, 1.807) is 7.05 Å². The Balaban J connectivity index is 1.34. The van der Waals surface area contributed by atoms with Gasteiger partial charge in [0.2, 0.25) is 0 Å². The summed E-state index contributed by atoms with van der Waals surface area (Å²) in [5, 5.41) is 13.1. The van der Waals surface area contributed by atoms with E-state index in [0.29, 0.717) is 31.6 Å². The lowest BCUT2D eigenvalue weighted by molar-refractivity contribution is -0.150. The van der Waals surface area contributed by atoms with Crippen molar-refractivity contribution in [3.05, 3.63) is 148 Å². The zero-order valence-electron chi connectivity index (χ0n) is 28.3. The maximum Gasteiger partial charge on any atom is 0.416 e. The number of ether oxygens (including phenoxy) is 2. The Hall–Kier alpha value is -4.59. The van der Waals surface area contributed by atoms with E-state index in [4.69, 9.17) is 9.47 Å². The summed E-state index contributed by atoms with van der Waals surface area (Å²) in [6, 6.07) is 30.3. The van der Waals surface area contributed by atoms with E-state index in [9.17, 15) is 26.3 Å². The number of rotatable bonds is 11. The Morgan fingerprint density at radius 3 is 1.96 bits per heavy atom. The van der Waals surface area contributed by atoms with Gasteiger partial charge in [-0.05, 0) is 64.9 Å². The molecule has 52 heavy (non-hydrogen) atoms. The lowest BCUT2D eigenvalue weighted by Crippen LogP contribution is -2.57. The number of nitrogens with zero attached hydrogens (tertiary/aromatic N) is 5. The summed E-state index contributed by atoms with van der Waals surface area (Å²) in [6.45, 7) is 0.309. The molecule has 0 aliphatic carbocycles. The van der Waals surface area contributed by atoms with Crippen LogP contribution in [0.15, 0.2) is 109 Å². The predicted octanol–water partition coefficient (Wildman–Crippen LogP) is 8.64. The van der Waals surface area contributed by atoms with Gasteiger partial charge in [-0.1, -0.05) is 91.0 Å². The normalized spacial score (nSPS) is 22.8. The van der Waals surface area contributed by atoms with Crippen molar-refractivity contribution >= 4 is 0 Å². The summed E-state index contributed by atoms with van der Waals surface area (Å²) >= 11 is 0. The van der Waals surface area contributed by atoms with Crippen molar-refractivity contribution < 1.29 is 35.8 Å². The van der Waals surface area contributed by atoms with Gasteiger partial charge in [0.15, 0.2) is 5.82 Å². The van der Waals surface area contributed by atoms with Crippen LogP contribution in [0.1, 0.15) is 70.5 Å². The number of tetrazole rings is 1. The molecule has 5 atom stereocenters. The molecule has 0 amide bonds. The maximum atomic E-state index is 14.1. The molecule has 2 aliphatic heterocycles. The molecule has 0 spiro atoms. The second-order valence-corrected chi connectivity index (χ2v) is 13.4. The number of aromatic nitrogens is 4. The van der Waals surface area contributed by atoms with Crippen LogP contribution in [-0.4, -0.2) is 43.9 Å². The molecular formula is C39H37F6N5O2. The number of halogens is 6. The van der Waals surface area contributed by atoms with Crippen molar-refractivity contribution in [3.63, 3.8) is 0 Å². The summed E-state index contributed by atoms with van der Waals surface area (Å²) < 4.78 is 97.8. The highest BCUT2D eigenvalue weighted by Gasteiger charge is 2.61. The lowest BCUT2D eigenvalue weighted by Gasteiger charge is -2.51. The van der Waals surface area contributed by atoms with E-state index in [0.717, 1.165) is 28.8 Å². The molecule has 272 valence electrons. The van der Waals surface area contributed by atoms with Crippen molar-refractivity contribution in [1.29, 1.82) is 0 Å². The van der Waals surface area contributed by atoms with Crippen molar-refractivity contribution in [2.75, 3.05) is 6.61 Å². The summed E-state index contributed by atoms with van der Waals surface area (Å²) in [5.41, 5.74) is -1.19. The highest BCUT2D eigenvalue weighted by atomic mass is 19.4. The standard InChI is InChI=1S/C39H37F6N5O2/c1-49-47-36(46-48-49)32-22-37(29-15-9-4-10-16-29)35(18-17-33(32)50(37)23-26-11-5-2-6-12-26)52-34(25-51-24-27-13-7-3-8-14-27)28-19-30(38(40,41)42)21-31(20-28)39(43,44)45/h2-16,19-21,32-35H,17-18,22-25H2,1H3/t32-,33+,34+,35-,37-/m1/s1. The molecule has 2 saturated heterocycles. The molecule has 2 fully saturated rings. The van der Waals surface area contributed by atoms with E-state index in [2.05, 4.69) is 20.3 Å². The van der Waals surface area contributed by atoms with Crippen LogP contribution in [0.2, 0.25) is 0 Å². The molecule has 4 aromatic carbocycles. The fourth-order valence-electron chi connectivity index (χ4n) is 7.90. The molecule has 7 rings (SSSR count). The summed E-state index contributed by atoms with van der Waals surface area (Å²) in [6.07, 6.45) is -10.4. The Labute approximate surface area is 297 Å². The van der Waals surface area contributed by atoms with Gasteiger partial charge in [-0.3, -0.25) is 4.90 Å². The van der Waals surface area contributed by atoms with Gasteiger partial charge >= 0.3 is 12.4 Å². The van der Waals surface area contributed by atoms with Crippen molar-refractivity contribution in [2.24, 2.45) is 7.05 Å². The van der Waals surface area contributed by atoms with Crippen LogP contribution in [0, 0.1) is 0 Å². The molecule has 1 aromatic heterocycles. The van der Waals surface area contributed by atoms with E-state index < -0.39 is 41.2 Å². The molecule has 0 radical (unpaired) electrons. The Morgan fingerprint density at radius 2 is 1.38 bits per heavy atom. The van der Waals surface area contributed by atoms with Gasteiger partial charge in [-0.15, -0.1) is 10.2 Å². The van der Waals surface area contributed by atoms with E-state index >= 15 is 0 Å². The monoisotopic (exact) mass is 721 g/mol. The van der Waals surface area contributed by atoms with Crippen LogP contribution in [0.5, 0.6) is 0 Å². The average molecular weight is 722 g/mol. The highest BCUT2D eigenvalue weighted by molar-refractivity contribution is 5.37. The molecule has 7 nitrogen and oxygen atoms in total. The summed E-state index contributed by atoms with van der Waals surface area (Å²) in [7, 11) is 1.70. The van der Waals surface area contributed by atoms with Crippen LogP contribution in [0.3, 0.4) is 0 Å². The third-order valence-electron chi connectivity index (χ3n) is 10.2. The van der Waals surface area contributed by atoms with Gasteiger partial charge in [0, 0.05) is 18.5 Å². The van der Waals surface area contributed by atoms with Gasteiger partial charge < -0.3 is 9.47 Å². The van der Waals surface area contributed by atoms with E-state index in [1.807, 2.05) is 91.0 Å². The van der Waals surface area contributed by atoms with Crippen molar-refractivity contribution in [2.45, 2.75) is 74.5 Å². The van der Waals surface area contributed by atoms with Gasteiger partial charge in [0.25, 0.3) is 0 Å². The third-order valence-corrected chi connectivity index (χ3v) is 10.2. The van der Waals surface area contributed by atoms with Crippen LogP contribution in [0.4, 0.5) is 26.3 Å². The molecule has 0 saturated carbocycles. The average Bonchev–Trinajstić information content (AvgIpc) is 3.65. The Bertz CT molecular complexity index is 1910. The molecule has 0 unspecified atom stereocenters. The molecule has 13 heteroatoms. The summed E-state index contributed by atoms with van der Waals surface area (Å²) in [4.78, 5) is 3.77. The SMILES string of the molecule is Cn1nnc([C@@H]2C[C@@]3(c4ccccc4)[C@H](O[C@@H](COCc4ccccc4)c4cc(C(F)(F)F)cc(C(F)(F)F)c4)CC[C@@H]2N3Cc2ccccc2)n1. The predicted molar refractivity (Wildman–Crippen MR) is 179 cm³/mol. The number of aryl methyl sites for hydroxylation is 1. The van der Waals surface area contributed by atoms with Crippen LogP contribution in [0.25, 0.3) is 0 Å². The minimum Gasteiger partial charge on any atom is -0.374 e. The molecule has 2 bridgehead atoms. The zero-order valence-corrected chi connectivity index (χ0v) is 28.3. The first-order chi connectivity index (χ1) is 24.9. The second-order valence-electron chi connectivity index (χ2n) is 13.4. The minimum atomic E-state index is -5.02. The lowest BCUT2D eigenvalue weighted by atomic mass is 9.78. The number of hydrogen-bond donors (Lipinski definition) is 0. The Kier molecular flexibility index (Phi) is 9.94. The van der Waals surface area contributed by atoms with Gasteiger partial charge in [0.1, 0.15) is 6.10 Å².